The van der Waals surface area contributed by atoms with Gasteiger partial charge in [0.2, 0.25) is 0 Å². The van der Waals surface area contributed by atoms with Crippen LogP contribution in [0.15, 0.2) is 4.79 Å². The SMILES string of the molecule is COC(=O)CCOCc1n[nH]c(=O)c(C(C)(F)F)c1C. The molecule has 1 rings (SSSR count). The summed E-state index contributed by atoms with van der Waals surface area (Å²) in [7, 11) is 1.26. The highest BCUT2D eigenvalue weighted by molar-refractivity contribution is 5.69. The molecule has 1 aromatic rings. The number of ether oxygens (including phenoxy) is 2. The van der Waals surface area contributed by atoms with E-state index in [1.165, 1.54) is 14.0 Å². The Morgan fingerprint density at radius 2 is 2.10 bits per heavy atom. The maximum Gasteiger partial charge on any atom is 0.307 e. The lowest BCUT2D eigenvalue weighted by atomic mass is 10.0. The van der Waals surface area contributed by atoms with E-state index in [0.29, 0.717) is 6.92 Å². The van der Waals surface area contributed by atoms with Gasteiger partial charge in [-0.2, -0.15) is 5.10 Å². The highest BCUT2D eigenvalue weighted by Gasteiger charge is 2.31. The lowest BCUT2D eigenvalue weighted by Crippen LogP contribution is -2.27. The minimum absolute atomic E-state index is 0.0513. The summed E-state index contributed by atoms with van der Waals surface area (Å²) in [5, 5.41) is 5.70. The molecule has 0 radical (unpaired) electrons. The van der Waals surface area contributed by atoms with Gasteiger partial charge in [0.15, 0.2) is 0 Å². The Hall–Kier alpha value is -1.83. The van der Waals surface area contributed by atoms with E-state index >= 15 is 0 Å². The van der Waals surface area contributed by atoms with E-state index in [2.05, 4.69) is 9.84 Å². The molecule has 8 heteroatoms. The number of H-pyrrole nitrogens is 1. The van der Waals surface area contributed by atoms with E-state index in [1.54, 1.807) is 0 Å². The standard InChI is InChI=1S/C12H16F2N2O4/c1-7-8(6-20-5-4-9(17)19-3)15-16-11(18)10(7)12(2,13)14/h4-6H2,1-3H3,(H,16,18). The summed E-state index contributed by atoms with van der Waals surface area (Å²) < 4.78 is 36.3. The minimum Gasteiger partial charge on any atom is -0.469 e. The summed E-state index contributed by atoms with van der Waals surface area (Å²) in [6, 6.07) is 0. The molecule has 112 valence electrons. The topological polar surface area (TPSA) is 81.3 Å². The Bertz CT molecular complexity index is 537. The van der Waals surface area contributed by atoms with Crippen molar-refractivity contribution in [2.24, 2.45) is 0 Å². The van der Waals surface area contributed by atoms with Crippen molar-refractivity contribution in [2.45, 2.75) is 32.8 Å². The molecule has 0 spiro atoms. The summed E-state index contributed by atoms with van der Waals surface area (Å²) in [4.78, 5) is 22.3. The van der Waals surface area contributed by atoms with E-state index in [9.17, 15) is 18.4 Å². The maximum atomic E-state index is 13.3. The smallest absolute Gasteiger partial charge is 0.307 e. The van der Waals surface area contributed by atoms with Crippen molar-refractivity contribution in [3.8, 4) is 0 Å². The molecule has 0 bridgehead atoms. The Kier molecular flexibility index (Phi) is 5.32. The van der Waals surface area contributed by atoms with Gasteiger partial charge in [-0.3, -0.25) is 9.59 Å². The van der Waals surface area contributed by atoms with Gasteiger partial charge >= 0.3 is 5.97 Å². The summed E-state index contributed by atoms with van der Waals surface area (Å²) in [5.41, 5.74) is -1.27. The third-order valence-electron chi connectivity index (χ3n) is 2.68. The van der Waals surface area contributed by atoms with E-state index in [4.69, 9.17) is 4.74 Å². The molecule has 0 saturated heterocycles. The normalized spacial score (nSPS) is 11.4. The number of alkyl halides is 2. The van der Waals surface area contributed by atoms with Crippen LogP contribution in [0.2, 0.25) is 0 Å². The quantitative estimate of drug-likeness (QED) is 0.630. The first-order chi connectivity index (χ1) is 9.27. The fourth-order valence-corrected chi connectivity index (χ4v) is 1.67. The second-order valence-corrected chi connectivity index (χ2v) is 4.27. The highest BCUT2D eigenvalue weighted by atomic mass is 19.3. The third-order valence-corrected chi connectivity index (χ3v) is 2.68. The van der Waals surface area contributed by atoms with Gasteiger partial charge in [0, 0.05) is 6.92 Å². The van der Waals surface area contributed by atoms with E-state index < -0.39 is 23.0 Å². The number of carbonyl (C=O) groups is 1. The number of nitrogens with zero attached hydrogens (tertiary/aromatic N) is 1. The van der Waals surface area contributed by atoms with Gasteiger partial charge in [0.05, 0.1) is 38.0 Å². The first kappa shape index (κ1) is 16.2. The van der Waals surface area contributed by atoms with E-state index in [-0.39, 0.29) is 30.9 Å². The zero-order valence-electron chi connectivity index (χ0n) is 11.5. The van der Waals surface area contributed by atoms with Crippen LogP contribution in [0.25, 0.3) is 0 Å². The zero-order valence-corrected chi connectivity index (χ0v) is 11.5. The van der Waals surface area contributed by atoms with Crippen LogP contribution in [0, 0.1) is 6.92 Å². The van der Waals surface area contributed by atoms with Gasteiger partial charge in [-0.25, -0.2) is 13.9 Å². The fourth-order valence-electron chi connectivity index (χ4n) is 1.67. The molecule has 0 unspecified atom stereocenters. The lowest BCUT2D eigenvalue weighted by molar-refractivity contribution is -0.141. The molecule has 0 fully saturated rings. The number of carbonyl (C=O) groups excluding carboxylic acids is 1. The van der Waals surface area contributed by atoms with Crippen LogP contribution in [-0.2, 0) is 26.8 Å². The van der Waals surface area contributed by atoms with Crippen LogP contribution in [0.5, 0.6) is 0 Å². The summed E-state index contributed by atoms with van der Waals surface area (Å²) in [6.07, 6.45) is 0.0513. The molecule has 0 aliphatic carbocycles. The second-order valence-electron chi connectivity index (χ2n) is 4.27. The average Bonchev–Trinajstić information content (AvgIpc) is 2.34. The van der Waals surface area contributed by atoms with E-state index in [1.807, 2.05) is 5.10 Å². The van der Waals surface area contributed by atoms with Crippen LogP contribution < -0.4 is 5.56 Å². The molecule has 1 aromatic heterocycles. The van der Waals surface area contributed by atoms with Crippen LogP contribution >= 0.6 is 0 Å². The lowest BCUT2D eigenvalue weighted by Gasteiger charge is -2.14. The molecule has 20 heavy (non-hydrogen) atoms. The van der Waals surface area contributed by atoms with Crippen molar-refractivity contribution < 1.29 is 23.0 Å². The van der Waals surface area contributed by atoms with Crippen molar-refractivity contribution in [1.82, 2.24) is 10.2 Å². The van der Waals surface area contributed by atoms with Gasteiger partial charge in [-0.15, -0.1) is 0 Å². The monoisotopic (exact) mass is 290 g/mol. The van der Waals surface area contributed by atoms with Gasteiger partial charge < -0.3 is 9.47 Å². The third kappa shape index (κ3) is 4.09. The van der Waals surface area contributed by atoms with Crippen molar-refractivity contribution in [2.75, 3.05) is 13.7 Å². The number of aromatic nitrogens is 2. The predicted molar refractivity (Wildman–Crippen MR) is 65.5 cm³/mol. The van der Waals surface area contributed by atoms with Crippen molar-refractivity contribution in [3.63, 3.8) is 0 Å². The molecular weight excluding hydrogens is 274 g/mol. The highest BCUT2D eigenvalue weighted by Crippen LogP contribution is 2.27. The minimum atomic E-state index is -3.26. The Morgan fingerprint density at radius 3 is 2.65 bits per heavy atom. The molecule has 0 aliphatic rings. The van der Waals surface area contributed by atoms with Crippen molar-refractivity contribution in [1.29, 1.82) is 0 Å². The van der Waals surface area contributed by atoms with Gasteiger partial charge in [-0.05, 0) is 12.5 Å². The number of rotatable bonds is 6. The zero-order chi connectivity index (χ0) is 15.3. The molecule has 1 heterocycles. The van der Waals surface area contributed by atoms with Crippen LogP contribution in [0.1, 0.15) is 30.2 Å². The van der Waals surface area contributed by atoms with Crippen molar-refractivity contribution >= 4 is 5.97 Å². The predicted octanol–water partition coefficient (Wildman–Crippen LogP) is 1.27. The molecule has 0 amide bonds. The van der Waals surface area contributed by atoms with Crippen molar-refractivity contribution in [3.05, 3.63) is 27.2 Å². The average molecular weight is 290 g/mol. The summed E-state index contributed by atoms with van der Waals surface area (Å²) >= 11 is 0. The van der Waals surface area contributed by atoms with Gasteiger partial charge in [0.1, 0.15) is 0 Å². The molecule has 0 aromatic carbocycles. The first-order valence-electron chi connectivity index (χ1n) is 5.88. The number of esters is 1. The summed E-state index contributed by atoms with van der Waals surface area (Å²) in [6.45, 7) is 2.02. The number of hydrogen-bond acceptors (Lipinski definition) is 5. The number of hydrogen-bond donors (Lipinski definition) is 1. The molecule has 6 nitrogen and oxygen atoms in total. The number of aromatic amines is 1. The van der Waals surface area contributed by atoms with Crippen LogP contribution in [0.3, 0.4) is 0 Å². The first-order valence-corrected chi connectivity index (χ1v) is 5.88. The van der Waals surface area contributed by atoms with Crippen LogP contribution in [-0.4, -0.2) is 29.9 Å². The molecule has 0 atom stereocenters. The molecule has 0 saturated carbocycles. The number of nitrogens with one attached hydrogen (secondary N) is 1. The molecule has 1 N–H and O–H groups in total. The second kappa shape index (κ2) is 6.56. The van der Waals surface area contributed by atoms with Gasteiger partial charge in [-0.1, -0.05) is 0 Å². The molecular formula is C12H16F2N2O4. The Labute approximate surface area is 114 Å². The van der Waals surface area contributed by atoms with Crippen LogP contribution in [0.4, 0.5) is 8.78 Å². The van der Waals surface area contributed by atoms with Gasteiger partial charge in [0.25, 0.3) is 11.5 Å². The Morgan fingerprint density at radius 1 is 1.45 bits per heavy atom. The Balaban J connectivity index is 2.78. The van der Waals surface area contributed by atoms with E-state index in [0.717, 1.165) is 0 Å². The number of halogens is 2. The largest absolute Gasteiger partial charge is 0.469 e. The maximum absolute atomic E-state index is 13.3. The summed E-state index contributed by atoms with van der Waals surface area (Å²) in [5.74, 6) is -3.70. The number of methoxy groups -OCH3 is 1. The molecule has 0 aliphatic heterocycles. The fraction of sp³-hybridized carbons (Fsp3) is 0.583.